The van der Waals surface area contributed by atoms with Gasteiger partial charge in [0, 0.05) is 25.7 Å². The van der Waals surface area contributed by atoms with Crippen LogP contribution in [0.5, 0.6) is 0 Å². The van der Waals surface area contributed by atoms with Crippen molar-refractivity contribution in [3.63, 3.8) is 0 Å². The Labute approximate surface area is 94.2 Å². The number of methoxy groups -OCH3 is 1. The highest BCUT2D eigenvalue weighted by molar-refractivity contribution is 5.69. The molecule has 0 fully saturated rings. The van der Waals surface area contributed by atoms with E-state index in [1.807, 2.05) is 0 Å². The maximum absolute atomic E-state index is 13.1. The summed E-state index contributed by atoms with van der Waals surface area (Å²) in [6, 6.07) is 6.24. The van der Waals surface area contributed by atoms with Crippen molar-refractivity contribution in [1.82, 2.24) is 0 Å². The largest absolute Gasteiger partial charge is 0.461 e. The first kappa shape index (κ1) is 12.6. The Balaban J connectivity index is 2.29. The van der Waals surface area contributed by atoms with E-state index in [1.54, 1.807) is 25.3 Å². The predicted molar refractivity (Wildman–Crippen MR) is 57.3 cm³/mol. The minimum Gasteiger partial charge on any atom is -0.461 e. The molecule has 1 aromatic rings. The molecule has 0 aliphatic carbocycles. The van der Waals surface area contributed by atoms with Gasteiger partial charge in [-0.3, -0.25) is 4.79 Å². The lowest BCUT2D eigenvalue weighted by molar-refractivity contribution is -0.145. The molecular weight excluding hydrogens is 211 g/mol. The summed E-state index contributed by atoms with van der Waals surface area (Å²) in [6.45, 7) is 0.507. The Morgan fingerprint density at radius 1 is 1.38 bits per heavy atom. The van der Waals surface area contributed by atoms with Crippen LogP contribution >= 0.6 is 0 Å². The molecule has 0 amide bonds. The second-order valence-electron chi connectivity index (χ2n) is 3.35. The lowest BCUT2D eigenvalue weighted by Crippen LogP contribution is -2.06. The number of ether oxygens (including phenoxy) is 2. The minimum atomic E-state index is -0.354. The third-order valence-corrected chi connectivity index (χ3v) is 2.08. The minimum absolute atomic E-state index is 0.0154. The average molecular weight is 226 g/mol. The van der Waals surface area contributed by atoms with Crippen LogP contribution in [0, 0.1) is 5.82 Å². The van der Waals surface area contributed by atoms with Gasteiger partial charge in [0.15, 0.2) is 0 Å². The summed E-state index contributed by atoms with van der Waals surface area (Å²) < 4.78 is 22.9. The van der Waals surface area contributed by atoms with Gasteiger partial charge in [-0.15, -0.1) is 0 Å². The first-order chi connectivity index (χ1) is 7.74. The van der Waals surface area contributed by atoms with E-state index in [0.717, 1.165) is 0 Å². The number of hydrogen-bond donors (Lipinski definition) is 0. The number of benzene rings is 1. The van der Waals surface area contributed by atoms with Gasteiger partial charge < -0.3 is 9.47 Å². The molecule has 3 nitrogen and oxygen atoms in total. The molecule has 0 atom stereocenters. The Morgan fingerprint density at radius 3 is 2.81 bits per heavy atom. The highest BCUT2D eigenvalue weighted by Crippen LogP contribution is 2.08. The molecule has 0 aliphatic rings. The quantitative estimate of drug-likeness (QED) is 0.551. The summed E-state index contributed by atoms with van der Waals surface area (Å²) in [4.78, 5) is 11.2. The molecule has 0 aromatic heterocycles. The Hall–Kier alpha value is -1.42. The molecule has 88 valence electrons. The third kappa shape index (κ3) is 4.40. The van der Waals surface area contributed by atoms with Crippen LogP contribution in [0.15, 0.2) is 24.3 Å². The molecule has 1 rings (SSSR count). The topological polar surface area (TPSA) is 35.5 Å². The van der Waals surface area contributed by atoms with Crippen molar-refractivity contribution in [2.45, 2.75) is 19.4 Å². The highest BCUT2D eigenvalue weighted by atomic mass is 19.1. The maximum Gasteiger partial charge on any atom is 0.306 e. The van der Waals surface area contributed by atoms with Gasteiger partial charge in [-0.25, -0.2) is 4.39 Å². The van der Waals surface area contributed by atoms with Crippen LogP contribution < -0.4 is 0 Å². The Kier molecular flexibility index (Phi) is 5.50. The zero-order valence-corrected chi connectivity index (χ0v) is 9.24. The SMILES string of the molecule is COCCCC(=O)OCc1ccccc1F. The lowest BCUT2D eigenvalue weighted by atomic mass is 10.2. The van der Waals surface area contributed by atoms with Gasteiger partial charge in [0.05, 0.1) is 0 Å². The standard InChI is InChI=1S/C12H15FO3/c1-15-8-4-7-12(14)16-9-10-5-2-3-6-11(10)13/h2-3,5-6H,4,7-9H2,1H3. The van der Waals surface area contributed by atoms with Crippen molar-refractivity contribution in [2.24, 2.45) is 0 Å². The molecule has 0 radical (unpaired) electrons. The Morgan fingerprint density at radius 2 is 2.12 bits per heavy atom. The fourth-order valence-electron chi connectivity index (χ4n) is 1.21. The molecule has 0 saturated heterocycles. The first-order valence-electron chi connectivity index (χ1n) is 5.12. The van der Waals surface area contributed by atoms with Crippen LogP contribution in [0.2, 0.25) is 0 Å². The van der Waals surface area contributed by atoms with Crippen LogP contribution in [0.25, 0.3) is 0 Å². The van der Waals surface area contributed by atoms with Crippen molar-refractivity contribution in [3.05, 3.63) is 35.6 Å². The molecule has 0 saturated carbocycles. The number of rotatable bonds is 6. The number of carbonyl (C=O) groups is 1. The number of halogens is 1. The number of hydrogen-bond acceptors (Lipinski definition) is 3. The highest BCUT2D eigenvalue weighted by Gasteiger charge is 2.05. The fourth-order valence-corrected chi connectivity index (χ4v) is 1.21. The third-order valence-electron chi connectivity index (χ3n) is 2.08. The maximum atomic E-state index is 13.1. The molecule has 0 bridgehead atoms. The first-order valence-corrected chi connectivity index (χ1v) is 5.12. The molecule has 0 unspecified atom stereocenters. The summed E-state index contributed by atoms with van der Waals surface area (Å²) in [6.07, 6.45) is 0.912. The second kappa shape index (κ2) is 6.95. The van der Waals surface area contributed by atoms with Crippen molar-refractivity contribution in [2.75, 3.05) is 13.7 Å². The van der Waals surface area contributed by atoms with Gasteiger partial charge in [0.1, 0.15) is 12.4 Å². The zero-order chi connectivity index (χ0) is 11.8. The molecule has 16 heavy (non-hydrogen) atoms. The molecule has 4 heteroatoms. The van der Waals surface area contributed by atoms with Crippen molar-refractivity contribution < 1.29 is 18.7 Å². The van der Waals surface area contributed by atoms with E-state index in [-0.39, 0.29) is 18.4 Å². The second-order valence-corrected chi connectivity index (χ2v) is 3.35. The van der Waals surface area contributed by atoms with Crippen LogP contribution in [0.3, 0.4) is 0 Å². The molecule has 1 aromatic carbocycles. The monoisotopic (exact) mass is 226 g/mol. The molecule has 0 heterocycles. The summed E-state index contributed by atoms with van der Waals surface area (Å²) >= 11 is 0. The summed E-state index contributed by atoms with van der Waals surface area (Å²) in [5.41, 5.74) is 0.391. The Bertz CT molecular complexity index is 339. The number of carbonyl (C=O) groups excluding carboxylic acids is 1. The van der Waals surface area contributed by atoms with E-state index >= 15 is 0 Å². The van der Waals surface area contributed by atoms with E-state index < -0.39 is 0 Å². The van der Waals surface area contributed by atoms with Crippen LogP contribution in [-0.4, -0.2) is 19.7 Å². The van der Waals surface area contributed by atoms with Crippen molar-refractivity contribution in [3.8, 4) is 0 Å². The predicted octanol–water partition coefficient (Wildman–Crippen LogP) is 2.30. The van der Waals surface area contributed by atoms with E-state index in [2.05, 4.69) is 0 Å². The van der Waals surface area contributed by atoms with E-state index in [9.17, 15) is 9.18 Å². The van der Waals surface area contributed by atoms with Gasteiger partial charge in [0.25, 0.3) is 0 Å². The van der Waals surface area contributed by atoms with E-state index in [1.165, 1.54) is 6.07 Å². The van der Waals surface area contributed by atoms with E-state index in [4.69, 9.17) is 9.47 Å². The smallest absolute Gasteiger partial charge is 0.306 e. The van der Waals surface area contributed by atoms with Gasteiger partial charge in [-0.05, 0) is 12.5 Å². The van der Waals surface area contributed by atoms with Gasteiger partial charge >= 0.3 is 5.97 Å². The van der Waals surface area contributed by atoms with Crippen molar-refractivity contribution >= 4 is 5.97 Å². The zero-order valence-electron chi connectivity index (χ0n) is 9.24. The fraction of sp³-hybridized carbons (Fsp3) is 0.417. The summed E-state index contributed by atoms with van der Waals surface area (Å²) in [5.74, 6) is -0.688. The molecule has 0 aliphatic heterocycles. The van der Waals surface area contributed by atoms with Gasteiger partial charge in [-0.2, -0.15) is 0 Å². The number of esters is 1. The molecular formula is C12H15FO3. The van der Waals surface area contributed by atoms with Crippen LogP contribution in [-0.2, 0) is 20.9 Å². The summed E-state index contributed by atoms with van der Waals surface area (Å²) in [5, 5.41) is 0. The van der Waals surface area contributed by atoms with Crippen molar-refractivity contribution in [1.29, 1.82) is 0 Å². The van der Waals surface area contributed by atoms with Crippen LogP contribution in [0.1, 0.15) is 18.4 Å². The molecule has 0 spiro atoms. The summed E-state index contributed by atoms with van der Waals surface area (Å²) in [7, 11) is 1.57. The van der Waals surface area contributed by atoms with Gasteiger partial charge in [-0.1, -0.05) is 18.2 Å². The van der Waals surface area contributed by atoms with Crippen LogP contribution in [0.4, 0.5) is 4.39 Å². The van der Waals surface area contributed by atoms with E-state index in [0.29, 0.717) is 25.0 Å². The average Bonchev–Trinajstić information content (AvgIpc) is 2.28. The normalized spacial score (nSPS) is 10.1. The van der Waals surface area contributed by atoms with Gasteiger partial charge in [0.2, 0.25) is 0 Å². The molecule has 0 N–H and O–H groups in total. The lowest BCUT2D eigenvalue weighted by Gasteiger charge is -2.05.